The Hall–Kier alpha value is -2.16. The fourth-order valence-corrected chi connectivity index (χ4v) is 4.15. The van der Waals surface area contributed by atoms with Crippen molar-refractivity contribution in [1.29, 1.82) is 0 Å². The fraction of sp³-hybridized carbons (Fsp3) is 0.278. The van der Waals surface area contributed by atoms with Crippen LogP contribution >= 0.6 is 11.6 Å². The molecule has 0 saturated carbocycles. The van der Waals surface area contributed by atoms with Crippen LogP contribution in [0.25, 0.3) is 0 Å². The number of hydrogen-bond donors (Lipinski definition) is 2. The van der Waals surface area contributed by atoms with E-state index in [4.69, 9.17) is 11.6 Å². The standard InChI is InChI=1S/C18H21ClFN3O3S/c1-3-23(4-2)27(25,26)14-8-5-7-13(11-14)22-17(24)12-21-16-10-6-9-15(19)18(16)20/h5-11,21H,3-4,12H2,1-2H3,(H,22,24). The number of nitrogens with one attached hydrogen (secondary N) is 2. The second-order valence-electron chi connectivity index (χ2n) is 5.62. The van der Waals surface area contributed by atoms with Gasteiger partial charge in [-0.05, 0) is 30.3 Å². The van der Waals surface area contributed by atoms with Crippen LogP contribution in [0.15, 0.2) is 47.4 Å². The lowest BCUT2D eigenvalue weighted by atomic mass is 10.3. The molecule has 0 radical (unpaired) electrons. The zero-order valence-electron chi connectivity index (χ0n) is 15.0. The highest BCUT2D eigenvalue weighted by Crippen LogP contribution is 2.22. The Morgan fingerprint density at radius 2 is 1.81 bits per heavy atom. The highest BCUT2D eigenvalue weighted by Gasteiger charge is 2.21. The van der Waals surface area contributed by atoms with Gasteiger partial charge in [0.05, 0.1) is 22.2 Å². The largest absolute Gasteiger partial charge is 0.374 e. The third-order valence-corrected chi connectivity index (χ3v) is 6.19. The zero-order valence-corrected chi connectivity index (χ0v) is 16.6. The Morgan fingerprint density at radius 3 is 2.48 bits per heavy atom. The maximum Gasteiger partial charge on any atom is 0.243 e. The van der Waals surface area contributed by atoms with E-state index in [0.717, 1.165) is 0 Å². The molecule has 9 heteroatoms. The molecule has 6 nitrogen and oxygen atoms in total. The minimum Gasteiger partial charge on any atom is -0.374 e. The molecule has 2 N–H and O–H groups in total. The summed E-state index contributed by atoms with van der Waals surface area (Å²) in [4.78, 5) is 12.2. The number of anilines is 2. The summed E-state index contributed by atoms with van der Waals surface area (Å²) < 4.78 is 40.3. The topological polar surface area (TPSA) is 78.5 Å². The van der Waals surface area contributed by atoms with E-state index in [1.807, 2.05) is 0 Å². The van der Waals surface area contributed by atoms with Crippen molar-refractivity contribution < 1.29 is 17.6 Å². The minimum absolute atomic E-state index is 0.0466. The lowest BCUT2D eigenvalue weighted by Gasteiger charge is -2.19. The van der Waals surface area contributed by atoms with E-state index in [-0.39, 0.29) is 22.2 Å². The molecule has 0 aliphatic carbocycles. The van der Waals surface area contributed by atoms with Gasteiger partial charge in [-0.1, -0.05) is 37.6 Å². The van der Waals surface area contributed by atoms with Gasteiger partial charge in [-0.15, -0.1) is 0 Å². The summed E-state index contributed by atoms with van der Waals surface area (Å²) in [6.45, 7) is 4.01. The Morgan fingerprint density at radius 1 is 1.15 bits per heavy atom. The third-order valence-electron chi connectivity index (χ3n) is 3.85. The second-order valence-corrected chi connectivity index (χ2v) is 7.97. The predicted molar refractivity (Wildman–Crippen MR) is 105 cm³/mol. The van der Waals surface area contributed by atoms with Gasteiger partial charge in [0, 0.05) is 18.8 Å². The van der Waals surface area contributed by atoms with Gasteiger partial charge in [0.15, 0.2) is 5.82 Å². The molecule has 0 unspecified atom stereocenters. The lowest BCUT2D eigenvalue weighted by molar-refractivity contribution is -0.114. The molecule has 0 atom stereocenters. The molecular formula is C18H21ClFN3O3S. The van der Waals surface area contributed by atoms with Gasteiger partial charge in [0.1, 0.15) is 0 Å². The van der Waals surface area contributed by atoms with Gasteiger partial charge >= 0.3 is 0 Å². The quantitative estimate of drug-likeness (QED) is 0.693. The maximum absolute atomic E-state index is 13.8. The van der Waals surface area contributed by atoms with E-state index in [1.54, 1.807) is 32.0 Å². The first kappa shape index (κ1) is 21.1. The monoisotopic (exact) mass is 413 g/mol. The Balaban J connectivity index is 2.07. The van der Waals surface area contributed by atoms with Crippen LogP contribution in [-0.4, -0.2) is 38.3 Å². The first-order valence-corrected chi connectivity index (χ1v) is 10.2. The van der Waals surface area contributed by atoms with E-state index in [1.165, 1.54) is 28.6 Å². The second kappa shape index (κ2) is 9.16. The summed E-state index contributed by atoms with van der Waals surface area (Å²) in [5.74, 6) is -1.09. The molecular weight excluding hydrogens is 393 g/mol. The molecule has 2 aromatic rings. The smallest absolute Gasteiger partial charge is 0.243 e. The summed E-state index contributed by atoms with van der Waals surface area (Å²) in [6, 6.07) is 10.4. The number of sulfonamides is 1. The number of halogens is 2. The molecule has 0 aliphatic heterocycles. The number of nitrogens with zero attached hydrogens (tertiary/aromatic N) is 1. The van der Waals surface area contributed by atoms with Gasteiger partial charge in [-0.2, -0.15) is 4.31 Å². The predicted octanol–water partition coefficient (Wildman–Crippen LogP) is 3.56. The molecule has 0 bridgehead atoms. The third kappa shape index (κ3) is 5.18. The van der Waals surface area contributed by atoms with Crippen LogP contribution in [0.4, 0.5) is 15.8 Å². The van der Waals surface area contributed by atoms with Crippen molar-refractivity contribution in [2.45, 2.75) is 18.7 Å². The molecule has 0 aromatic heterocycles. The Bertz CT molecular complexity index is 918. The van der Waals surface area contributed by atoms with Gasteiger partial charge in [-0.3, -0.25) is 4.79 Å². The SMILES string of the molecule is CCN(CC)S(=O)(=O)c1cccc(NC(=O)CNc2cccc(Cl)c2F)c1. The van der Waals surface area contributed by atoms with Crippen LogP contribution in [0, 0.1) is 5.82 Å². The van der Waals surface area contributed by atoms with Crippen molar-refractivity contribution in [2.75, 3.05) is 30.3 Å². The van der Waals surface area contributed by atoms with Crippen LogP contribution < -0.4 is 10.6 Å². The first-order chi connectivity index (χ1) is 12.8. The summed E-state index contributed by atoms with van der Waals surface area (Å²) in [5.41, 5.74) is 0.442. The average molecular weight is 414 g/mol. The summed E-state index contributed by atoms with van der Waals surface area (Å²) >= 11 is 5.69. The van der Waals surface area contributed by atoms with Crippen molar-refractivity contribution >= 4 is 38.9 Å². The van der Waals surface area contributed by atoms with Crippen molar-refractivity contribution in [3.63, 3.8) is 0 Å². The van der Waals surface area contributed by atoms with E-state index < -0.39 is 21.7 Å². The normalized spacial score (nSPS) is 11.4. The number of hydrogen-bond acceptors (Lipinski definition) is 4. The van der Waals surface area contributed by atoms with Crippen LogP contribution in [0.5, 0.6) is 0 Å². The van der Waals surface area contributed by atoms with E-state index in [2.05, 4.69) is 10.6 Å². The molecule has 146 valence electrons. The Labute approximate surface area is 163 Å². The fourth-order valence-electron chi connectivity index (χ4n) is 2.47. The van der Waals surface area contributed by atoms with Crippen molar-refractivity contribution in [3.8, 4) is 0 Å². The molecule has 27 heavy (non-hydrogen) atoms. The van der Waals surface area contributed by atoms with Gasteiger partial charge in [0.2, 0.25) is 15.9 Å². The lowest BCUT2D eigenvalue weighted by Crippen LogP contribution is -2.30. The molecule has 2 rings (SSSR count). The molecule has 2 aromatic carbocycles. The maximum atomic E-state index is 13.8. The number of amides is 1. The number of carbonyl (C=O) groups excluding carboxylic acids is 1. The van der Waals surface area contributed by atoms with E-state index in [9.17, 15) is 17.6 Å². The average Bonchev–Trinajstić information content (AvgIpc) is 2.64. The number of rotatable bonds is 8. The van der Waals surface area contributed by atoms with E-state index in [0.29, 0.717) is 18.8 Å². The number of carbonyl (C=O) groups is 1. The van der Waals surface area contributed by atoms with Gasteiger partial charge in [0.25, 0.3) is 0 Å². The van der Waals surface area contributed by atoms with Crippen LogP contribution in [0.2, 0.25) is 5.02 Å². The summed E-state index contributed by atoms with van der Waals surface area (Å²) in [5, 5.41) is 5.20. The molecule has 0 spiro atoms. The molecule has 0 fully saturated rings. The highest BCUT2D eigenvalue weighted by molar-refractivity contribution is 7.89. The first-order valence-electron chi connectivity index (χ1n) is 8.37. The Kier molecular flexibility index (Phi) is 7.18. The van der Waals surface area contributed by atoms with Crippen molar-refractivity contribution in [3.05, 3.63) is 53.3 Å². The minimum atomic E-state index is -3.62. The highest BCUT2D eigenvalue weighted by atomic mass is 35.5. The van der Waals surface area contributed by atoms with Gasteiger partial charge < -0.3 is 10.6 Å². The van der Waals surface area contributed by atoms with Crippen LogP contribution in [0.1, 0.15) is 13.8 Å². The molecule has 1 amide bonds. The van der Waals surface area contributed by atoms with Crippen LogP contribution in [-0.2, 0) is 14.8 Å². The van der Waals surface area contributed by atoms with E-state index >= 15 is 0 Å². The molecule has 0 aliphatic rings. The van der Waals surface area contributed by atoms with Gasteiger partial charge in [-0.25, -0.2) is 12.8 Å². The van der Waals surface area contributed by atoms with Crippen LogP contribution in [0.3, 0.4) is 0 Å². The summed E-state index contributed by atoms with van der Waals surface area (Å²) in [6.07, 6.45) is 0. The molecule has 0 saturated heterocycles. The zero-order chi connectivity index (χ0) is 20.0. The van der Waals surface area contributed by atoms with Crippen molar-refractivity contribution in [1.82, 2.24) is 4.31 Å². The molecule has 0 heterocycles. The summed E-state index contributed by atoms with van der Waals surface area (Å²) in [7, 11) is -3.62. The number of benzene rings is 2. The van der Waals surface area contributed by atoms with Crippen molar-refractivity contribution in [2.24, 2.45) is 0 Å².